The molecule has 8 heteroatoms. The van der Waals surface area contributed by atoms with Gasteiger partial charge in [-0.2, -0.15) is 0 Å². The number of hydrogen-bond acceptors (Lipinski definition) is 8. The van der Waals surface area contributed by atoms with Gasteiger partial charge in [-0.25, -0.2) is 0 Å². The van der Waals surface area contributed by atoms with E-state index < -0.39 is 11.9 Å². The molecule has 0 unspecified atom stereocenters. The Morgan fingerprint density at radius 1 is 0.403 bits per heavy atom. The first-order chi connectivity index (χ1) is 30.5. The van der Waals surface area contributed by atoms with Gasteiger partial charge in [0.25, 0.3) is 0 Å². The molecule has 0 aliphatic rings. The largest absolute Gasteiger partial charge is 0.490 e. The first-order valence-corrected chi connectivity index (χ1v) is 25.4. The van der Waals surface area contributed by atoms with Crippen molar-refractivity contribution in [3.8, 4) is 23.0 Å². The number of carbonyl (C=O) groups excluding carboxylic acids is 2. The van der Waals surface area contributed by atoms with Gasteiger partial charge in [0.05, 0.1) is 26.1 Å². The average Bonchev–Trinajstić information content (AvgIpc) is 3.27. The summed E-state index contributed by atoms with van der Waals surface area (Å²) in [5.41, 5.74) is 1.77. The molecule has 2 aromatic rings. The summed E-state index contributed by atoms with van der Waals surface area (Å²) in [7, 11) is 0. The van der Waals surface area contributed by atoms with Crippen LogP contribution in [0.4, 0.5) is 0 Å². The number of unbranched alkanes of at least 4 members (excludes halogenated alkanes) is 26. The number of hydrogen-bond donors (Lipinski definition) is 0. The lowest BCUT2D eigenvalue weighted by molar-refractivity contribution is -0.140. The predicted octanol–water partition coefficient (Wildman–Crippen LogP) is 15.6. The van der Waals surface area contributed by atoms with Crippen molar-refractivity contribution in [2.45, 2.75) is 220 Å². The molecule has 0 N–H and O–H groups in total. The molecule has 0 aliphatic carbocycles. The molecule has 0 aromatic heterocycles. The molecule has 0 aliphatic heterocycles. The lowest BCUT2D eigenvalue weighted by Gasteiger charge is -2.12. The Balaban J connectivity index is 1.65. The normalized spacial score (nSPS) is 11.5. The Morgan fingerprint density at radius 3 is 0.984 bits per heavy atom. The first kappa shape index (κ1) is 54.5. The van der Waals surface area contributed by atoms with Crippen molar-refractivity contribution in [1.82, 2.24) is 0 Å². The molecule has 0 saturated heterocycles. The van der Waals surface area contributed by atoms with E-state index in [9.17, 15) is 9.59 Å². The highest BCUT2D eigenvalue weighted by molar-refractivity contribution is 5.84. The van der Waals surface area contributed by atoms with Crippen molar-refractivity contribution < 1.29 is 28.5 Å². The average molecular weight is 861 g/mol. The van der Waals surface area contributed by atoms with Crippen LogP contribution in [0.15, 0.2) is 46.4 Å². The number of carbonyl (C=O) groups is 2. The lowest BCUT2D eigenvalue weighted by atomic mass is 10.0. The summed E-state index contributed by atoms with van der Waals surface area (Å²) in [5.74, 6) is 0.473. The molecular weight excluding hydrogens is 773 g/mol. The van der Waals surface area contributed by atoms with E-state index in [1.807, 2.05) is 50.5 Å². The minimum Gasteiger partial charge on any atom is -0.490 e. The Labute approximate surface area is 378 Å². The number of aliphatic imine (C=N–C) groups is 2. The zero-order chi connectivity index (χ0) is 44.6. The monoisotopic (exact) mass is 861 g/mol. The molecular formula is C54H88N2O6. The summed E-state index contributed by atoms with van der Waals surface area (Å²) < 4.78 is 22.8. The number of benzene rings is 2. The second-order valence-corrected chi connectivity index (χ2v) is 17.0. The molecule has 0 saturated carbocycles. The van der Waals surface area contributed by atoms with Crippen LogP contribution in [-0.2, 0) is 9.59 Å². The maximum absolute atomic E-state index is 12.8. The van der Waals surface area contributed by atoms with E-state index in [1.54, 1.807) is 12.1 Å². The summed E-state index contributed by atoms with van der Waals surface area (Å²) in [5, 5.41) is 0. The van der Waals surface area contributed by atoms with Crippen LogP contribution in [0.25, 0.3) is 0 Å². The Bertz CT molecular complexity index is 1360. The van der Waals surface area contributed by atoms with Crippen molar-refractivity contribution in [3.63, 3.8) is 0 Å². The Kier molecular flexibility index (Phi) is 34.2. The van der Waals surface area contributed by atoms with Gasteiger partial charge in [-0.05, 0) is 74.2 Å². The van der Waals surface area contributed by atoms with Crippen LogP contribution in [0, 0.1) is 0 Å². The van der Waals surface area contributed by atoms with E-state index >= 15 is 0 Å². The van der Waals surface area contributed by atoms with Crippen molar-refractivity contribution >= 4 is 24.4 Å². The van der Waals surface area contributed by atoms with E-state index in [4.69, 9.17) is 18.9 Å². The van der Waals surface area contributed by atoms with Crippen LogP contribution in [0.2, 0.25) is 0 Å². The van der Waals surface area contributed by atoms with Gasteiger partial charge in [0.15, 0.2) is 23.0 Å². The molecule has 350 valence electrons. The first-order valence-electron chi connectivity index (χ1n) is 25.4. The van der Waals surface area contributed by atoms with Crippen LogP contribution in [0.1, 0.15) is 231 Å². The van der Waals surface area contributed by atoms with Crippen molar-refractivity contribution in [3.05, 3.63) is 47.5 Å². The van der Waals surface area contributed by atoms with Crippen molar-refractivity contribution in [2.24, 2.45) is 9.98 Å². The second-order valence-electron chi connectivity index (χ2n) is 17.0. The van der Waals surface area contributed by atoms with E-state index in [-0.39, 0.29) is 12.8 Å². The third kappa shape index (κ3) is 28.8. The van der Waals surface area contributed by atoms with Gasteiger partial charge in [-0.3, -0.25) is 19.6 Å². The van der Waals surface area contributed by atoms with E-state index in [0.717, 1.165) is 37.1 Å². The SMILES string of the molecule is CCCCCCCCCCCCCCCCN=Cc1ccc(OC(=O)CCC(=O)Oc2ccc(C=NCCCCCCCCCCCCCCCC)cc2OCC)c(OCC)c1. The van der Waals surface area contributed by atoms with Crippen molar-refractivity contribution in [2.75, 3.05) is 26.3 Å². The van der Waals surface area contributed by atoms with Crippen LogP contribution < -0.4 is 18.9 Å². The molecule has 62 heavy (non-hydrogen) atoms. The Hall–Kier alpha value is -3.68. The fourth-order valence-electron chi connectivity index (χ4n) is 7.60. The molecule has 0 spiro atoms. The quantitative estimate of drug-likeness (QED) is 0.0286. The van der Waals surface area contributed by atoms with Crippen LogP contribution in [0.3, 0.4) is 0 Å². The summed E-state index contributed by atoms with van der Waals surface area (Å²) in [6.45, 7) is 10.7. The summed E-state index contributed by atoms with van der Waals surface area (Å²) in [4.78, 5) is 34.8. The van der Waals surface area contributed by atoms with Crippen molar-refractivity contribution in [1.29, 1.82) is 0 Å². The molecule has 2 rings (SSSR count). The maximum atomic E-state index is 12.8. The van der Waals surface area contributed by atoms with Gasteiger partial charge >= 0.3 is 11.9 Å². The lowest BCUT2D eigenvalue weighted by Crippen LogP contribution is -2.15. The zero-order valence-corrected chi connectivity index (χ0v) is 40.0. The summed E-state index contributed by atoms with van der Waals surface area (Å²) in [6.07, 6.45) is 40.9. The summed E-state index contributed by atoms with van der Waals surface area (Å²) in [6, 6.07) is 10.8. The van der Waals surface area contributed by atoms with E-state index in [2.05, 4.69) is 23.8 Å². The minimum absolute atomic E-state index is 0.138. The van der Waals surface area contributed by atoms with Gasteiger partial charge in [0, 0.05) is 25.5 Å². The third-order valence-electron chi connectivity index (χ3n) is 11.3. The van der Waals surface area contributed by atoms with Gasteiger partial charge in [-0.15, -0.1) is 0 Å². The van der Waals surface area contributed by atoms with Gasteiger partial charge in [0.1, 0.15) is 0 Å². The predicted molar refractivity (Wildman–Crippen MR) is 261 cm³/mol. The Morgan fingerprint density at radius 2 is 0.694 bits per heavy atom. The summed E-state index contributed by atoms with van der Waals surface area (Å²) >= 11 is 0. The van der Waals surface area contributed by atoms with Gasteiger partial charge in [0.2, 0.25) is 0 Å². The smallest absolute Gasteiger partial charge is 0.311 e. The van der Waals surface area contributed by atoms with E-state index in [1.165, 1.54) is 167 Å². The molecule has 0 bridgehead atoms. The van der Waals surface area contributed by atoms with Gasteiger partial charge < -0.3 is 18.9 Å². The van der Waals surface area contributed by atoms with E-state index in [0.29, 0.717) is 36.2 Å². The second kappa shape index (κ2) is 39.0. The molecule has 2 aromatic carbocycles. The molecule has 0 fully saturated rings. The highest BCUT2D eigenvalue weighted by atomic mass is 16.6. The molecule has 0 radical (unpaired) electrons. The third-order valence-corrected chi connectivity index (χ3v) is 11.3. The number of rotatable bonds is 41. The number of nitrogens with zero attached hydrogens (tertiary/aromatic N) is 2. The molecule has 0 heterocycles. The fourth-order valence-corrected chi connectivity index (χ4v) is 7.60. The van der Waals surface area contributed by atoms with Crippen LogP contribution in [0.5, 0.6) is 23.0 Å². The number of ether oxygens (including phenoxy) is 4. The molecule has 0 atom stereocenters. The number of esters is 2. The highest BCUT2D eigenvalue weighted by Gasteiger charge is 2.16. The standard InChI is InChI=1S/C54H88N2O6/c1-5-9-11-13-15-17-19-21-23-25-27-29-31-33-41-55-45-47-35-37-49(51(43-47)59-7-3)61-53(57)39-40-54(58)62-50-38-36-48(44-52(50)60-8-4)46-56-42-34-32-30-28-26-24-22-20-18-16-14-12-10-6-2/h35-38,43-46H,5-34,39-42H2,1-4H3. The molecule has 0 amide bonds. The fraction of sp³-hybridized carbons (Fsp3) is 0.704. The highest BCUT2D eigenvalue weighted by Crippen LogP contribution is 2.30. The molecule has 8 nitrogen and oxygen atoms in total. The maximum Gasteiger partial charge on any atom is 0.311 e. The van der Waals surface area contributed by atoms with Crippen LogP contribution in [-0.4, -0.2) is 50.7 Å². The zero-order valence-electron chi connectivity index (χ0n) is 40.0. The van der Waals surface area contributed by atoms with Gasteiger partial charge in [-0.1, -0.05) is 181 Å². The topological polar surface area (TPSA) is 95.8 Å². The van der Waals surface area contributed by atoms with Crippen LogP contribution >= 0.6 is 0 Å². The minimum atomic E-state index is -0.544.